The second kappa shape index (κ2) is 9.78. The van der Waals surface area contributed by atoms with E-state index in [1.54, 1.807) is 0 Å². The molecule has 0 amide bonds. The van der Waals surface area contributed by atoms with Crippen LogP contribution in [0.5, 0.6) is 0 Å². The molecule has 0 N–H and O–H groups in total. The van der Waals surface area contributed by atoms with E-state index >= 15 is 0 Å². The molecule has 2 aromatic carbocycles. The molecule has 2 aromatic rings. The molecule has 0 bridgehead atoms. The summed E-state index contributed by atoms with van der Waals surface area (Å²) < 4.78 is 0. The normalized spacial score (nSPS) is 11.8. The third-order valence-corrected chi connectivity index (χ3v) is 3.42. The quantitative estimate of drug-likeness (QED) is 0.556. The van der Waals surface area contributed by atoms with Crippen molar-refractivity contribution in [2.45, 2.75) is 41.0 Å². The van der Waals surface area contributed by atoms with Crippen molar-refractivity contribution < 1.29 is 0 Å². The Bertz CT molecular complexity index is 616. The first-order valence-electron chi connectivity index (χ1n) is 8.38. The Morgan fingerprint density at radius 1 is 0.773 bits per heavy atom. The Kier molecular flexibility index (Phi) is 7.99. The third kappa shape index (κ3) is 4.46. The van der Waals surface area contributed by atoms with Gasteiger partial charge in [-0.3, -0.25) is 0 Å². The fourth-order valence-electron chi connectivity index (χ4n) is 2.46. The van der Waals surface area contributed by atoms with E-state index in [1.807, 2.05) is 27.7 Å². The minimum atomic E-state index is 1.06. The van der Waals surface area contributed by atoms with Crippen molar-refractivity contribution in [2.75, 3.05) is 0 Å². The van der Waals surface area contributed by atoms with Gasteiger partial charge in [0.15, 0.2) is 0 Å². The molecule has 0 atom stereocenters. The molecule has 3 rings (SSSR count). The maximum Gasteiger partial charge on any atom is -0.0157 e. The standard InChI is InChI=1S/C18H16.2C2H6/c1-14-13-17(15-7-3-2-4-8-15)11-12-18(14)16-9-5-6-10-16;2*1-2/h2-5,7-13H,6H2,1H3;2*1-2H3. The van der Waals surface area contributed by atoms with Crippen molar-refractivity contribution in [1.82, 2.24) is 0 Å². The van der Waals surface area contributed by atoms with Crippen LogP contribution in [0.1, 0.15) is 45.2 Å². The maximum absolute atomic E-state index is 2.28. The van der Waals surface area contributed by atoms with Gasteiger partial charge in [0.1, 0.15) is 0 Å². The van der Waals surface area contributed by atoms with Gasteiger partial charge in [-0.05, 0) is 41.2 Å². The van der Waals surface area contributed by atoms with E-state index in [4.69, 9.17) is 0 Å². The molecule has 0 aromatic heterocycles. The Balaban J connectivity index is 0.000000561. The summed E-state index contributed by atoms with van der Waals surface area (Å²) in [5, 5.41) is 0. The maximum atomic E-state index is 2.28. The molecule has 22 heavy (non-hydrogen) atoms. The molecule has 0 radical (unpaired) electrons. The highest BCUT2D eigenvalue weighted by molar-refractivity contribution is 5.80. The molecule has 0 unspecified atom stereocenters. The molecular formula is C22H28. The number of hydrogen-bond donors (Lipinski definition) is 0. The predicted molar refractivity (Wildman–Crippen MR) is 101 cm³/mol. The van der Waals surface area contributed by atoms with Crippen LogP contribution in [0.15, 0.2) is 66.8 Å². The fraction of sp³-hybridized carbons (Fsp3) is 0.273. The van der Waals surface area contributed by atoms with E-state index in [9.17, 15) is 0 Å². The lowest BCUT2D eigenvalue weighted by molar-refractivity contribution is 1.41. The van der Waals surface area contributed by atoms with Crippen molar-refractivity contribution in [3.05, 3.63) is 77.9 Å². The second-order valence-corrected chi connectivity index (χ2v) is 4.69. The van der Waals surface area contributed by atoms with Gasteiger partial charge in [0, 0.05) is 0 Å². The van der Waals surface area contributed by atoms with Gasteiger partial charge in [-0.2, -0.15) is 0 Å². The first-order chi connectivity index (χ1) is 10.8. The highest BCUT2D eigenvalue weighted by Gasteiger charge is 2.06. The molecule has 1 aliphatic carbocycles. The Morgan fingerprint density at radius 3 is 2.00 bits per heavy atom. The van der Waals surface area contributed by atoms with E-state index < -0.39 is 0 Å². The third-order valence-electron chi connectivity index (χ3n) is 3.42. The first kappa shape index (κ1) is 18.0. The monoisotopic (exact) mass is 292 g/mol. The average Bonchev–Trinajstić information content (AvgIpc) is 3.13. The zero-order chi connectivity index (χ0) is 16.4. The molecule has 0 spiro atoms. The average molecular weight is 292 g/mol. The van der Waals surface area contributed by atoms with Gasteiger partial charge in [-0.15, -0.1) is 0 Å². The van der Waals surface area contributed by atoms with Gasteiger partial charge < -0.3 is 0 Å². The van der Waals surface area contributed by atoms with Crippen LogP contribution in [0.25, 0.3) is 16.7 Å². The zero-order valence-electron chi connectivity index (χ0n) is 14.6. The van der Waals surface area contributed by atoms with Crippen LogP contribution in [0, 0.1) is 6.92 Å². The highest BCUT2D eigenvalue weighted by atomic mass is 14.1. The predicted octanol–water partition coefficient (Wildman–Crippen LogP) is 7.06. The lowest BCUT2D eigenvalue weighted by Crippen LogP contribution is -1.87. The zero-order valence-corrected chi connectivity index (χ0v) is 14.6. The summed E-state index contributed by atoms with van der Waals surface area (Å²) in [6.45, 7) is 10.2. The number of rotatable bonds is 2. The van der Waals surface area contributed by atoms with E-state index in [0.717, 1.165) is 6.42 Å². The summed E-state index contributed by atoms with van der Waals surface area (Å²) in [7, 11) is 0. The summed E-state index contributed by atoms with van der Waals surface area (Å²) in [6.07, 6.45) is 7.77. The molecule has 0 heterocycles. The lowest BCUT2D eigenvalue weighted by atomic mass is 9.96. The molecule has 0 heteroatoms. The van der Waals surface area contributed by atoms with Crippen LogP contribution >= 0.6 is 0 Å². The van der Waals surface area contributed by atoms with Crippen molar-refractivity contribution in [2.24, 2.45) is 0 Å². The van der Waals surface area contributed by atoms with Crippen molar-refractivity contribution in [3.63, 3.8) is 0 Å². The van der Waals surface area contributed by atoms with Crippen LogP contribution in [0.2, 0.25) is 0 Å². The van der Waals surface area contributed by atoms with Crippen molar-refractivity contribution in [1.29, 1.82) is 0 Å². The number of benzene rings is 2. The van der Waals surface area contributed by atoms with Gasteiger partial charge >= 0.3 is 0 Å². The van der Waals surface area contributed by atoms with Gasteiger partial charge in [0.25, 0.3) is 0 Å². The van der Waals surface area contributed by atoms with E-state index in [2.05, 4.69) is 73.7 Å². The van der Waals surface area contributed by atoms with Crippen LogP contribution in [0.4, 0.5) is 0 Å². The smallest absolute Gasteiger partial charge is 0.0157 e. The van der Waals surface area contributed by atoms with Crippen LogP contribution < -0.4 is 0 Å². The minimum absolute atomic E-state index is 1.06. The van der Waals surface area contributed by atoms with E-state index in [-0.39, 0.29) is 0 Å². The molecule has 0 saturated heterocycles. The topological polar surface area (TPSA) is 0 Å². The van der Waals surface area contributed by atoms with E-state index in [0.29, 0.717) is 0 Å². The van der Waals surface area contributed by atoms with Crippen molar-refractivity contribution >= 4 is 5.57 Å². The lowest BCUT2D eigenvalue weighted by Gasteiger charge is -2.09. The molecule has 0 nitrogen and oxygen atoms in total. The van der Waals surface area contributed by atoms with Gasteiger partial charge in [-0.1, -0.05) is 94.5 Å². The van der Waals surface area contributed by atoms with Crippen LogP contribution in [-0.2, 0) is 0 Å². The molecule has 1 aliphatic rings. The second-order valence-electron chi connectivity index (χ2n) is 4.69. The molecular weight excluding hydrogens is 264 g/mol. The molecule has 116 valence electrons. The molecule has 0 aliphatic heterocycles. The Labute approximate surface area is 136 Å². The van der Waals surface area contributed by atoms with Gasteiger partial charge in [0.2, 0.25) is 0 Å². The molecule has 0 fully saturated rings. The van der Waals surface area contributed by atoms with E-state index in [1.165, 1.54) is 27.8 Å². The summed E-state index contributed by atoms with van der Waals surface area (Å²) in [5.41, 5.74) is 6.62. The summed E-state index contributed by atoms with van der Waals surface area (Å²) in [4.78, 5) is 0. The number of hydrogen-bond acceptors (Lipinski definition) is 0. The van der Waals surface area contributed by atoms with Crippen LogP contribution in [0.3, 0.4) is 0 Å². The van der Waals surface area contributed by atoms with Gasteiger partial charge in [0.05, 0.1) is 0 Å². The summed E-state index contributed by atoms with van der Waals surface area (Å²) in [5.74, 6) is 0. The number of aryl methyl sites for hydroxylation is 1. The highest BCUT2D eigenvalue weighted by Crippen LogP contribution is 2.28. The summed E-state index contributed by atoms with van der Waals surface area (Å²) >= 11 is 0. The number of allylic oxidation sites excluding steroid dienone is 4. The Morgan fingerprint density at radius 2 is 1.45 bits per heavy atom. The largest absolute Gasteiger partial charge is 0.0801 e. The van der Waals surface area contributed by atoms with Gasteiger partial charge in [-0.25, -0.2) is 0 Å². The van der Waals surface area contributed by atoms with Crippen LogP contribution in [-0.4, -0.2) is 0 Å². The molecule has 0 saturated carbocycles. The SMILES string of the molecule is CC.CC.Cc1cc(-c2ccccc2)ccc1C1=CCC=C1. The van der Waals surface area contributed by atoms with Crippen molar-refractivity contribution in [3.8, 4) is 11.1 Å². The minimum Gasteiger partial charge on any atom is -0.0801 e. The summed E-state index contributed by atoms with van der Waals surface area (Å²) in [6, 6.07) is 17.3. The Hall–Kier alpha value is -2.08. The fourth-order valence-corrected chi connectivity index (χ4v) is 2.46. The first-order valence-corrected chi connectivity index (χ1v) is 8.38.